The molecule has 0 bridgehead atoms. The summed E-state index contributed by atoms with van der Waals surface area (Å²) in [6.07, 6.45) is 27.6. The molecule has 2 aromatic rings. The number of rotatable bonds is 16. The van der Waals surface area contributed by atoms with E-state index in [1.54, 1.807) is 12.7 Å². The summed E-state index contributed by atoms with van der Waals surface area (Å²) in [5, 5.41) is 0. The fourth-order valence-electron chi connectivity index (χ4n) is 2.84. The fraction of sp³-hybridized carbons (Fsp3) is 0.545. The van der Waals surface area contributed by atoms with Gasteiger partial charge in [-0.2, -0.15) is 0 Å². The van der Waals surface area contributed by atoms with Gasteiger partial charge < -0.3 is 14.7 Å². The Balaban J connectivity index is 1.28. The first-order valence-corrected chi connectivity index (χ1v) is 10.3. The summed E-state index contributed by atoms with van der Waals surface area (Å²) in [4.78, 5) is 14.3. The summed E-state index contributed by atoms with van der Waals surface area (Å²) in [6.45, 7) is 1.73. The lowest BCUT2D eigenvalue weighted by Gasteiger charge is -2.01. The van der Waals surface area contributed by atoms with Crippen molar-refractivity contribution >= 4 is 0 Å². The number of nitrogens with zero attached hydrogens (tertiary/aromatic N) is 2. The highest BCUT2D eigenvalue weighted by atomic mass is 16.5. The average Bonchev–Trinajstić information content (AvgIpc) is 3.38. The number of H-pyrrole nitrogens is 2. The predicted octanol–water partition coefficient (Wildman–Crippen LogP) is 5.17. The van der Waals surface area contributed by atoms with E-state index < -0.39 is 0 Å². The van der Waals surface area contributed by atoms with E-state index in [1.807, 2.05) is 12.4 Å². The molecular weight excluding hydrogens is 336 g/mol. The number of aromatic amines is 2. The van der Waals surface area contributed by atoms with Gasteiger partial charge in [0.15, 0.2) is 0 Å². The van der Waals surface area contributed by atoms with Crippen LogP contribution in [0.2, 0.25) is 0 Å². The van der Waals surface area contributed by atoms with Crippen LogP contribution in [0.3, 0.4) is 0 Å². The van der Waals surface area contributed by atoms with Crippen molar-refractivity contribution in [2.45, 2.75) is 64.2 Å². The molecule has 2 heterocycles. The highest BCUT2D eigenvalue weighted by molar-refractivity contribution is 4.95. The Morgan fingerprint density at radius 2 is 1.11 bits per heavy atom. The minimum absolute atomic E-state index is 0.867. The quantitative estimate of drug-likeness (QED) is 0.316. The molecule has 0 saturated heterocycles. The zero-order chi connectivity index (χ0) is 18.8. The third-order valence-electron chi connectivity index (χ3n) is 4.40. The molecule has 27 heavy (non-hydrogen) atoms. The Morgan fingerprint density at radius 1 is 0.667 bits per heavy atom. The lowest BCUT2D eigenvalue weighted by molar-refractivity contribution is 0.130. The van der Waals surface area contributed by atoms with E-state index in [0.717, 1.165) is 64.6 Å². The lowest BCUT2D eigenvalue weighted by Crippen LogP contribution is -1.96. The van der Waals surface area contributed by atoms with Gasteiger partial charge >= 0.3 is 0 Å². The molecule has 5 nitrogen and oxygen atoms in total. The van der Waals surface area contributed by atoms with Crippen LogP contribution in [0.5, 0.6) is 0 Å². The van der Waals surface area contributed by atoms with Gasteiger partial charge in [-0.25, -0.2) is 9.97 Å². The molecule has 148 valence electrons. The van der Waals surface area contributed by atoms with Crippen LogP contribution in [0, 0.1) is 0 Å². The molecule has 0 radical (unpaired) electrons. The normalized spacial score (nSPS) is 11.9. The topological polar surface area (TPSA) is 66.6 Å². The third kappa shape index (κ3) is 11.2. The molecular formula is C22H34N4O. The van der Waals surface area contributed by atoms with Gasteiger partial charge in [-0.1, -0.05) is 24.3 Å². The molecule has 0 amide bonds. The Labute approximate surface area is 163 Å². The zero-order valence-electron chi connectivity index (χ0n) is 16.4. The Morgan fingerprint density at radius 3 is 1.52 bits per heavy atom. The van der Waals surface area contributed by atoms with E-state index in [-0.39, 0.29) is 0 Å². The first-order valence-electron chi connectivity index (χ1n) is 10.3. The number of unbranched alkanes of at least 4 members (excludes halogenated alkanes) is 4. The van der Waals surface area contributed by atoms with E-state index >= 15 is 0 Å². The van der Waals surface area contributed by atoms with Gasteiger partial charge in [-0.15, -0.1) is 0 Å². The van der Waals surface area contributed by atoms with Crippen molar-refractivity contribution in [3.05, 3.63) is 60.7 Å². The molecule has 2 aromatic heterocycles. The monoisotopic (exact) mass is 370 g/mol. The van der Waals surface area contributed by atoms with Crippen LogP contribution in [0.25, 0.3) is 0 Å². The van der Waals surface area contributed by atoms with E-state index in [9.17, 15) is 0 Å². The molecule has 0 spiro atoms. The molecule has 0 unspecified atom stereocenters. The van der Waals surface area contributed by atoms with E-state index in [4.69, 9.17) is 4.74 Å². The molecule has 0 atom stereocenters. The molecule has 0 saturated carbocycles. The van der Waals surface area contributed by atoms with Crippen LogP contribution in [-0.2, 0) is 17.6 Å². The van der Waals surface area contributed by atoms with Crippen molar-refractivity contribution in [3.8, 4) is 0 Å². The standard InChI is InChI=1S/C22H34N4O/c1(5-9-13-21-17-23-19-25-21)3-7-11-15-27-16-12-8-4-2-6-10-14-22-18-24-20-26-22/h1-4,17-20H,5-16H2,(H,23,25)(H,24,26). The SMILES string of the molecule is C(=CCCCc1cnc[nH]1)CCCOCCCC=CCCCc1cnc[nH]1. The van der Waals surface area contributed by atoms with E-state index in [0.29, 0.717) is 0 Å². The summed E-state index contributed by atoms with van der Waals surface area (Å²) >= 11 is 0. The second-order valence-electron chi connectivity index (χ2n) is 6.78. The van der Waals surface area contributed by atoms with Crippen LogP contribution < -0.4 is 0 Å². The van der Waals surface area contributed by atoms with Gasteiger partial charge in [0.2, 0.25) is 0 Å². The number of allylic oxidation sites excluding steroid dienone is 4. The number of imidazole rings is 2. The highest BCUT2D eigenvalue weighted by Crippen LogP contribution is 2.04. The van der Waals surface area contributed by atoms with Crippen LogP contribution in [0.15, 0.2) is 49.4 Å². The van der Waals surface area contributed by atoms with Gasteiger partial charge in [0.1, 0.15) is 0 Å². The molecule has 2 rings (SSSR count). The Bertz CT molecular complexity index is 548. The number of aromatic nitrogens is 4. The van der Waals surface area contributed by atoms with Crippen LogP contribution >= 0.6 is 0 Å². The van der Waals surface area contributed by atoms with Crippen molar-refractivity contribution < 1.29 is 4.74 Å². The summed E-state index contributed by atoms with van der Waals surface area (Å²) in [7, 11) is 0. The van der Waals surface area contributed by atoms with Gasteiger partial charge in [0.05, 0.1) is 12.7 Å². The van der Waals surface area contributed by atoms with E-state index in [1.165, 1.54) is 24.2 Å². The minimum atomic E-state index is 0.867. The van der Waals surface area contributed by atoms with Crippen molar-refractivity contribution in [1.29, 1.82) is 0 Å². The highest BCUT2D eigenvalue weighted by Gasteiger charge is 1.93. The van der Waals surface area contributed by atoms with Gasteiger partial charge in [0.25, 0.3) is 0 Å². The molecule has 0 fully saturated rings. The number of hydrogen-bond donors (Lipinski definition) is 2. The van der Waals surface area contributed by atoms with Crippen LogP contribution in [-0.4, -0.2) is 33.1 Å². The Kier molecular flexibility index (Phi) is 11.7. The smallest absolute Gasteiger partial charge is 0.0921 e. The summed E-state index contributed by atoms with van der Waals surface area (Å²) in [5.74, 6) is 0. The maximum Gasteiger partial charge on any atom is 0.0921 e. The van der Waals surface area contributed by atoms with Crippen molar-refractivity contribution in [2.24, 2.45) is 0 Å². The molecule has 0 aliphatic rings. The molecule has 0 aliphatic heterocycles. The van der Waals surface area contributed by atoms with Gasteiger partial charge in [0, 0.05) is 37.0 Å². The predicted molar refractivity (Wildman–Crippen MR) is 111 cm³/mol. The number of hydrogen-bond acceptors (Lipinski definition) is 3. The van der Waals surface area contributed by atoms with Gasteiger partial charge in [-0.3, -0.25) is 0 Å². The Hall–Kier alpha value is -2.14. The largest absolute Gasteiger partial charge is 0.381 e. The zero-order valence-corrected chi connectivity index (χ0v) is 16.4. The summed E-state index contributed by atoms with van der Waals surface area (Å²) < 4.78 is 5.70. The van der Waals surface area contributed by atoms with Gasteiger partial charge in [-0.05, 0) is 64.2 Å². The number of nitrogens with one attached hydrogen (secondary N) is 2. The third-order valence-corrected chi connectivity index (χ3v) is 4.40. The second kappa shape index (κ2) is 15.0. The van der Waals surface area contributed by atoms with Crippen molar-refractivity contribution in [3.63, 3.8) is 0 Å². The maximum atomic E-state index is 5.70. The fourth-order valence-corrected chi connectivity index (χ4v) is 2.84. The molecule has 0 aliphatic carbocycles. The second-order valence-corrected chi connectivity index (χ2v) is 6.78. The average molecular weight is 371 g/mol. The van der Waals surface area contributed by atoms with E-state index in [2.05, 4.69) is 44.2 Å². The maximum absolute atomic E-state index is 5.70. The molecule has 0 aromatic carbocycles. The molecule has 2 N–H and O–H groups in total. The molecule has 5 heteroatoms. The van der Waals surface area contributed by atoms with Crippen molar-refractivity contribution in [2.75, 3.05) is 13.2 Å². The first-order chi connectivity index (χ1) is 13.4. The summed E-state index contributed by atoms with van der Waals surface area (Å²) in [5.41, 5.74) is 2.45. The van der Waals surface area contributed by atoms with Crippen LogP contribution in [0.1, 0.15) is 62.8 Å². The first kappa shape index (κ1) is 21.2. The number of aryl methyl sites for hydroxylation is 2. The number of ether oxygens (including phenoxy) is 1. The summed E-state index contributed by atoms with van der Waals surface area (Å²) in [6, 6.07) is 0. The minimum Gasteiger partial charge on any atom is -0.381 e. The van der Waals surface area contributed by atoms with Crippen LogP contribution in [0.4, 0.5) is 0 Å². The van der Waals surface area contributed by atoms with Crippen molar-refractivity contribution in [1.82, 2.24) is 19.9 Å². The lowest BCUT2D eigenvalue weighted by atomic mass is 10.2.